The zero-order chi connectivity index (χ0) is 20.3. The fraction of sp³-hybridized carbons (Fsp3) is 0.273. The Morgan fingerprint density at radius 1 is 1.13 bits per heavy atom. The van der Waals surface area contributed by atoms with Crippen LogP contribution in [0.2, 0.25) is 0 Å². The summed E-state index contributed by atoms with van der Waals surface area (Å²) in [5.41, 5.74) is 3.59. The summed E-state index contributed by atoms with van der Waals surface area (Å²) in [6.45, 7) is 1.43. The van der Waals surface area contributed by atoms with Crippen molar-refractivity contribution in [2.75, 3.05) is 13.1 Å². The van der Waals surface area contributed by atoms with Gasteiger partial charge in [0.1, 0.15) is 11.8 Å². The molecule has 0 radical (unpaired) electrons. The van der Waals surface area contributed by atoms with Gasteiger partial charge < -0.3 is 9.32 Å². The van der Waals surface area contributed by atoms with Gasteiger partial charge in [0, 0.05) is 30.3 Å². The van der Waals surface area contributed by atoms with Crippen LogP contribution in [0.1, 0.15) is 40.6 Å². The van der Waals surface area contributed by atoms with E-state index in [1.807, 2.05) is 53.4 Å². The first kappa shape index (κ1) is 18.9. The number of aromatic nitrogens is 4. The molecule has 0 atom stereocenters. The molecule has 1 N–H and O–H groups in total. The highest BCUT2D eigenvalue weighted by atomic mass is 32.2. The lowest BCUT2D eigenvalue weighted by atomic mass is 9.96. The number of para-hydroxylation sites is 2. The molecule has 2 aromatic carbocycles. The van der Waals surface area contributed by atoms with Gasteiger partial charge in [-0.05, 0) is 42.7 Å². The van der Waals surface area contributed by atoms with Crippen molar-refractivity contribution < 1.29 is 9.21 Å². The number of nitrogens with zero attached hydrogens (tertiary/aromatic N) is 4. The molecule has 0 saturated carbocycles. The summed E-state index contributed by atoms with van der Waals surface area (Å²) in [7, 11) is 0. The number of oxazole rings is 1. The first-order valence-corrected chi connectivity index (χ1v) is 11.0. The van der Waals surface area contributed by atoms with Crippen LogP contribution in [-0.4, -0.2) is 44.1 Å². The van der Waals surface area contributed by atoms with Gasteiger partial charge in [-0.25, -0.2) is 9.97 Å². The van der Waals surface area contributed by atoms with Crippen molar-refractivity contribution in [2.45, 2.75) is 29.7 Å². The molecule has 1 saturated heterocycles. The van der Waals surface area contributed by atoms with Gasteiger partial charge in [0.15, 0.2) is 16.6 Å². The van der Waals surface area contributed by atoms with Crippen LogP contribution in [0.5, 0.6) is 0 Å². The summed E-state index contributed by atoms with van der Waals surface area (Å²) in [5.74, 6) is 1.91. The van der Waals surface area contributed by atoms with Gasteiger partial charge in [0.05, 0.1) is 0 Å². The van der Waals surface area contributed by atoms with E-state index in [1.54, 1.807) is 11.8 Å². The van der Waals surface area contributed by atoms with Crippen molar-refractivity contribution in [1.29, 1.82) is 0 Å². The van der Waals surface area contributed by atoms with Crippen LogP contribution in [0.25, 0.3) is 11.1 Å². The molecule has 0 bridgehead atoms. The van der Waals surface area contributed by atoms with E-state index in [9.17, 15) is 4.79 Å². The molecule has 4 aromatic rings. The SMILES string of the molecule is O=C(c1ccc(CSc2ncn[nH]2)cc1)N1CCC(c2nc3ccccc3o2)CC1. The second-order valence-electron chi connectivity index (χ2n) is 7.36. The van der Waals surface area contributed by atoms with Crippen LogP contribution < -0.4 is 0 Å². The van der Waals surface area contributed by atoms with Gasteiger partial charge >= 0.3 is 0 Å². The number of fused-ring (bicyclic) bond motifs is 1. The van der Waals surface area contributed by atoms with Crippen LogP contribution >= 0.6 is 11.8 Å². The van der Waals surface area contributed by atoms with E-state index in [0.717, 1.165) is 51.9 Å². The maximum Gasteiger partial charge on any atom is 0.253 e. The molecular formula is C22H21N5O2S. The molecule has 1 fully saturated rings. The predicted octanol–water partition coefficient (Wildman–Crippen LogP) is 4.26. The predicted molar refractivity (Wildman–Crippen MR) is 114 cm³/mol. The highest BCUT2D eigenvalue weighted by Gasteiger charge is 2.27. The van der Waals surface area contributed by atoms with Crippen LogP contribution in [-0.2, 0) is 5.75 Å². The number of hydrogen-bond acceptors (Lipinski definition) is 6. The number of nitrogens with one attached hydrogen (secondary N) is 1. The van der Waals surface area contributed by atoms with Gasteiger partial charge in [-0.2, -0.15) is 5.10 Å². The Kier molecular flexibility index (Phi) is 5.23. The summed E-state index contributed by atoms with van der Waals surface area (Å²) in [4.78, 5) is 23.6. The molecule has 0 aliphatic carbocycles. The first-order valence-electron chi connectivity index (χ1n) is 9.98. The van der Waals surface area contributed by atoms with E-state index in [0.29, 0.717) is 13.1 Å². The smallest absolute Gasteiger partial charge is 0.253 e. The van der Waals surface area contributed by atoms with Crippen molar-refractivity contribution in [3.63, 3.8) is 0 Å². The minimum absolute atomic E-state index is 0.0838. The Balaban J connectivity index is 1.18. The molecule has 0 unspecified atom stereocenters. The molecule has 7 nitrogen and oxygen atoms in total. The molecule has 5 rings (SSSR count). The van der Waals surface area contributed by atoms with E-state index >= 15 is 0 Å². The lowest BCUT2D eigenvalue weighted by molar-refractivity contribution is 0.0706. The molecule has 3 heterocycles. The van der Waals surface area contributed by atoms with Crippen LogP contribution in [0, 0.1) is 0 Å². The van der Waals surface area contributed by atoms with Crippen molar-refractivity contribution in [2.24, 2.45) is 0 Å². The molecule has 1 amide bonds. The third kappa shape index (κ3) is 3.95. The molecular weight excluding hydrogens is 398 g/mol. The lowest BCUT2D eigenvalue weighted by Gasteiger charge is -2.30. The molecule has 1 aliphatic heterocycles. The Morgan fingerprint density at radius 3 is 2.67 bits per heavy atom. The number of piperidine rings is 1. The van der Waals surface area contributed by atoms with Crippen molar-refractivity contribution in [3.8, 4) is 0 Å². The zero-order valence-corrected chi connectivity index (χ0v) is 17.1. The molecule has 1 aliphatic rings. The Labute approximate surface area is 177 Å². The Hall–Kier alpha value is -3.13. The topological polar surface area (TPSA) is 87.9 Å². The van der Waals surface area contributed by atoms with Crippen LogP contribution in [0.4, 0.5) is 0 Å². The number of H-pyrrole nitrogens is 1. The minimum atomic E-state index is 0.0838. The molecule has 0 spiro atoms. The average Bonchev–Trinajstić information content (AvgIpc) is 3.47. The fourth-order valence-corrected chi connectivity index (χ4v) is 4.47. The van der Waals surface area contributed by atoms with Gasteiger partial charge in [-0.15, -0.1) is 0 Å². The molecule has 152 valence electrons. The number of rotatable bonds is 5. The maximum atomic E-state index is 12.9. The lowest BCUT2D eigenvalue weighted by Crippen LogP contribution is -2.38. The van der Waals surface area contributed by atoms with Crippen molar-refractivity contribution in [3.05, 3.63) is 71.9 Å². The monoisotopic (exact) mass is 419 g/mol. The van der Waals surface area contributed by atoms with Crippen LogP contribution in [0.3, 0.4) is 0 Å². The summed E-state index contributed by atoms with van der Waals surface area (Å²) in [6.07, 6.45) is 3.23. The quantitative estimate of drug-likeness (QED) is 0.486. The number of likely N-dealkylation sites (tertiary alicyclic amines) is 1. The highest BCUT2D eigenvalue weighted by Crippen LogP contribution is 2.30. The minimum Gasteiger partial charge on any atom is -0.440 e. The highest BCUT2D eigenvalue weighted by molar-refractivity contribution is 7.98. The van der Waals surface area contributed by atoms with Gasteiger partial charge in [-0.1, -0.05) is 36.0 Å². The van der Waals surface area contributed by atoms with Crippen molar-refractivity contribution in [1.82, 2.24) is 25.1 Å². The number of carbonyl (C=O) groups is 1. The summed E-state index contributed by atoms with van der Waals surface area (Å²) >= 11 is 1.58. The number of aromatic amines is 1. The third-order valence-electron chi connectivity index (χ3n) is 5.41. The Morgan fingerprint density at radius 2 is 1.93 bits per heavy atom. The number of carbonyl (C=O) groups excluding carboxylic acids is 1. The Bertz CT molecular complexity index is 1100. The average molecular weight is 420 g/mol. The summed E-state index contributed by atoms with van der Waals surface area (Å²) in [5, 5.41) is 7.46. The summed E-state index contributed by atoms with van der Waals surface area (Å²) < 4.78 is 5.92. The van der Waals surface area contributed by atoms with E-state index in [2.05, 4.69) is 20.2 Å². The van der Waals surface area contributed by atoms with Crippen molar-refractivity contribution >= 4 is 28.8 Å². The second kappa shape index (κ2) is 8.31. The van der Waals surface area contributed by atoms with E-state index in [1.165, 1.54) is 6.33 Å². The number of amides is 1. The van der Waals surface area contributed by atoms with E-state index in [-0.39, 0.29) is 11.8 Å². The number of hydrogen-bond donors (Lipinski definition) is 1. The van der Waals surface area contributed by atoms with Crippen LogP contribution in [0.15, 0.2) is 64.4 Å². The van der Waals surface area contributed by atoms with E-state index in [4.69, 9.17) is 4.42 Å². The second-order valence-corrected chi connectivity index (χ2v) is 8.33. The zero-order valence-electron chi connectivity index (χ0n) is 16.3. The largest absolute Gasteiger partial charge is 0.440 e. The molecule has 30 heavy (non-hydrogen) atoms. The van der Waals surface area contributed by atoms with Gasteiger partial charge in [-0.3, -0.25) is 9.89 Å². The maximum absolute atomic E-state index is 12.9. The fourth-order valence-electron chi connectivity index (χ4n) is 3.74. The number of benzene rings is 2. The standard InChI is InChI=1S/C22H21N5O2S/c28-21(17-7-5-15(6-8-17)13-30-22-23-14-24-26-22)27-11-9-16(10-12-27)20-25-18-3-1-2-4-19(18)29-20/h1-8,14,16H,9-13H2,(H,23,24,26). The summed E-state index contributed by atoms with van der Waals surface area (Å²) in [6, 6.07) is 15.7. The van der Waals surface area contributed by atoms with Gasteiger partial charge in [0.25, 0.3) is 5.91 Å². The third-order valence-corrected chi connectivity index (χ3v) is 6.36. The normalized spacial score (nSPS) is 15.0. The van der Waals surface area contributed by atoms with E-state index < -0.39 is 0 Å². The van der Waals surface area contributed by atoms with Gasteiger partial charge in [0.2, 0.25) is 0 Å². The number of thioether (sulfide) groups is 1. The first-order chi connectivity index (χ1) is 14.8. The molecule has 2 aromatic heterocycles. The molecule has 8 heteroatoms.